The van der Waals surface area contributed by atoms with Crippen molar-refractivity contribution in [3.63, 3.8) is 0 Å². The summed E-state index contributed by atoms with van der Waals surface area (Å²) < 4.78 is 0. The maximum atomic E-state index is 12.1. The largest absolute Gasteiger partial charge is 0.372 e. The number of amides is 3. The average molecular weight is 386 g/mol. The van der Waals surface area contributed by atoms with E-state index in [-0.39, 0.29) is 11.9 Å². The Balaban J connectivity index is 1.34. The van der Waals surface area contributed by atoms with Crippen LogP contribution >= 0.6 is 0 Å². The molecule has 7 heteroatoms. The third kappa shape index (κ3) is 4.31. The molecular formula is C21H31N5O2. The van der Waals surface area contributed by atoms with Crippen LogP contribution in [0.25, 0.3) is 0 Å². The predicted octanol–water partition coefficient (Wildman–Crippen LogP) is 1.56. The van der Waals surface area contributed by atoms with Gasteiger partial charge >= 0.3 is 6.03 Å². The Kier molecular flexibility index (Phi) is 5.82. The van der Waals surface area contributed by atoms with Crippen LogP contribution in [0.15, 0.2) is 18.2 Å². The number of piperazine rings is 1. The van der Waals surface area contributed by atoms with Gasteiger partial charge in [0, 0.05) is 70.2 Å². The van der Waals surface area contributed by atoms with Crippen molar-refractivity contribution >= 4 is 23.3 Å². The van der Waals surface area contributed by atoms with Gasteiger partial charge in [0.15, 0.2) is 0 Å². The Morgan fingerprint density at radius 2 is 1.79 bits per heavy atom. The summed E-state index contributed by atoms with van der Waals surface area (Å²) in [5, 5.41) is 5.82. The van der Waals surface area contributed by atoms with E-state index in [1.165, 1.54) is 38.2 Å². The molecule has 0 aromatic heterocycles. The molecule has 7 nitrogen and oxygen atoms in total. The van der Waals surface area contributed by atoms with Crippen LogP contribution in [-0.4, -0.2) is 69.2 Å². The Morgan fingerprint density at radius 3 is 2.46 bits per heavy atom. The monoisotopic (exact) mass is 385 g/mol. The van der Waals surface area contributed by atoms with E-state index in [9.17, 15) is 9.59 Å². The second-order valence-corrected chi connectivity index (χ2v) is 8.21. The summed E-state index contributed by atoms with van der Waals surface area (Å²) in [7, 11) is 0. The van der Waals surface area contributed by atoms with Crippen LogP contribution in [0.2, 0.25) is 0 Å². The molecule has 0 spiro atoms. The molecule has 3 aliphatic rings. The fourth-order valence-corrected chi connectivity index (χ4v) is 4.57. The molecule has 3 aliphatic heterocycles. The molecule has 28 heavy (non-hydrogen) atoms. The maximum Gasteiger partial charge on any atom is 0.328 e. The molecule has 1 aromatic carbocycles. The lowest BCUT2D eigenvalue weighted by atomic mass is 9.95. The minimum absolute atomic E-state index is 0.195. The molecule has 4 rings (SSSR count). The average Bonchev–Trinajstić information content (AvgIpc) is 2.70. The van der Waals surface area contributed by atoms with Gasteiger partial charge in [-0.15, -0.1) is 0 Å². The van der Waals surface area contributed by atoms with Crippen LogP contribution in [0.1, 0.15) is 24.8 Å². The minimum Gasteiger partial charge on any atom is -0.372 e. The number of benzene rings is 1. The van der Waals surface area contributed by atoms with Crippen LogP contribution < -0.4 is 20.4 Å². The number of imide groups is 1. The Morgan fingerprint density at radius 1 is 1.04 bits per heavy atom. The van der Waals surface area contributed by atoms with E-state index in [2.05, 4.69) is 32.6 Å². The van der Waals surface area contributed by atoms with Gasteiger partial charge in [-0.3, -0.25) is 15.0 Å². The van der Waals surface area contributed by atoms with Crippen molar-refractivity contribution in [2.45, 2.75) is 26.2 Å². The van der Waals surface area contributed by atoms with E-state index in [1.807, 2.05) is 13.0 Å². The van der Waals surface area contributed by atoms with Gasteiger partial charge in [0.05, 0.1) is 0 Å². The van der Waals surface area contributed by atoms with Gasteiger partial charge in [-0.1, -0.05) is 0 Å². The third-order valence-corrected chi connectivity index (χ3v) is 6.23. The molecule has 0 aliphatic carbocycles. The van der Waals surface area contributed by atoms with Gasteiger partial charge in [0.25, 0.3) is 0 Å². The molecule has 152 valence electrons. The lowest BCUT2D eigenvalue weighted by molar-refractivity contribution is -0.120. The summed E-state index contributed by atoms with van der Waals surface area (Å²) in [5.41, 5.74) is 3.20. The van der Waals surface area contributed by atoms with Crippen molar-refractivity contribution in [1.29, 1.82) is 0 Å². The number of nitrogens with zero attached hydrogens (tertiary/aromatic N) is 3. The Bertz CT molecular complexity index is 724. The van der Waals surface area contributed by atoms with Gasteiger partial charge in [0.2, 0.25) is 5.91 Å². The van der Waals surface area contributed by atoms with E-state index in [0.717, 1.165) is 43.3 Å². The third-order valence-electron chi connectivity index (χ3n) is 6.23. The SMILES string of the molecule is Cc1cc(N2CCC(CN3CCNCC3)CC2)ccc1N1CCC(=O)NC1=O. The molecule has 0 unspecified atom stereocenters. The van der Waals surface area contributed by atoms with Crippen LogP contribution in [-0.2, 0) is 4.79 Å². The van der Waals surface area contributed by atoms with E-state index in [1.54, 1.807) is 4.90 Å². The molecule has 0 atom stereocenters. The highest BCUT2D eigenvalue weighted by Crippen LogP contribution is 2.29. The molecule has 0 bridgehead atoms. The lowest BCUT2D eigenvalue weighted by Crippen LogP contribution is -2.49. The number of nitrogens with one attached hydrogen (secondary N) is 2. The van der Waals surface area contributed by atoms with Crippen LogP contribution in [0.5, 0.6) is 0 Å². The van der Waals surface area contributed by atoms with Gasteiger partial charge in [-0.05, 0) is 49.4 Å². The van der Waals surface area contributed by atoms with E-state index >= 15 is 0 Å². The first-order valence-corrected chi connectivity index (χ1v) is 10.5. The van der Waals surface area contributed by atoms with Gasteiger partial charge < -0.3 is 15.1 Å². The molecule has 2 N–H and O–H groups in total. The predicted molar refractivity (Wildman–Crippen MR) is 111 cm³/mol. The highest BCUT2D eigenvalue weighted by atomic mass is 16.2. The first-order chi connectivity index (χ1) is 13.6. The summed E-state index contributed by atoms with van der Waals surface area (Å²) >= 11 is 0. The standard InChI is InChI=1S/C21H31N5O2/c1-16-14-18(2-3-19(16)26-11-6-20(27)23-21(26)28)25-9-4-17(5-10-25)15-24-12-7-22-8-13-24/h2-3,14,17,22H,4-13,15H2,1H3,(H,23,27,28). The number of aryl methyl sites for hydroxylation is 1. The van der Waals surface area contributed by atoms with Crippen molar-refractivity contribution in [3.05, 3.63) is 23.8 Å². The summed E-state index contributed by atoms with van der Waals surface area (Å²) in [5.74, 6) is 0.600. The van der Waals surface area contributed by atoms with E-state index < -0.39 is 0 Å². The van der Waals surface area contributed by atoms with Crippen molar-refractivity contribution < 1.29 is 9.59 Å². The second-order valence-electron chi connectivity index (χ2n) is 8.21. The molecule has 1 aromatic rings. The second kappa shape index (κ2) is 8.49. The first kappa shape index (κ1) is 19.2. The quantitative estimate of drug-likeness (QED) is 0.823. The zero-order chi connectivity index (χ0) is 19.5. The van der Waals surface area contributed by atoms with E-state index in [0.29, 0.717) is 13.0 Å². The van der Waals surface area contributed by atoms with Crippen LogP contribution in [0, 0.1) is 12.8 Å². The number of anilines is 2. The lowest BCUT2D eigenvalue weighted by Gasteiger charge is -2.37. The Hall–Kier alpha value is -2.12. The minimum atomic E-state index is -0.319. The van der Waals surface area contributed by atoms with Gasteiger partial charge in [-0.2, -0.15) is 0 Å². The highest BCUT2D eigenvalue weighted by Gasteiger charge is 2.26. The first-order valence-electron chi connectivity index (χ1n) is 10.5. The molecule has 3 heterocycles. The summed E-state index contributed by atoms with van der Waals surface area (Å²) in [6, 6.07) is 5.99. The summed E-state index contributed by atoms with van der Waals surface area (Å²) in [4.78, 5) is 30.2. The molecular weight excluding hydrogens is 354 g/mol. The molecule has 0 radical (unpaired) electrons. The molecule has 3 amide bonds. The molecule has 3 saturated heterocycles. The summed E-state index contributed by atoms with van der Waals surface area (Å²) in [6.45, 7) is 10.5. The van der Waals surface area contributed by atoms with Crippen molar-refractivity contribution in [1.82, 2.24) is 15.5 Å². The van der Waals surface area contributed by atoms with E-state index in [4.69, 9.17) is 0 Å². The number of rotatable bonds is 4. The summed E-state index contributed by atoms with van der Waals surface area (Å²) in [6.07, 6.45) is 2.83. The van der Waals surface area contributed by atoms with Crippen molar-refractivity contribution in [3.8, 4) is 0 Å². The fraction of sp³-hybridized carbons (Fsp3) is 0.619. The number of carbonyl (C=O) groups is 2. The number of piperidine rings is 1. The molecule has 3 fully saturated rings. The highest BCUT2D eigenvalue weighted by molar-refractivity contribution is 6.06. The number of hydrogen-bond donors (Lipinski definition) is 2. The van der Waals surface area contributed by atoms with Gasteiger partial charge in [0.1, 0.15) is 0 Å². The maximum absolute atomic E-state index is 12.1. The zero-order valence-corrected chi connectivity index (χ0v) is 16.7. The molecule has 0 saturated carbocycles. The number of carbonyl (C=O) groups excluding carboxylic acids is 2. The fourth-order valence-electron chi connectivity index (χ4n) is 4.57. The topological polar surface area (TPSA) is 67.9 Å². The van der Waals surface area contributed by atoms with Crippen molar-refractivity contribution in [2.75, 3.05) is 62.2 Å². The number of hydrogen-bond acceptors (Lipinski definition) is 5. The van der Waals surface area contributed by atoms with Crippen molar-refractivity contribution in [2.24, 2.45) is 5.92 Å². The normalized spacial score (nSPS) is 22.5. The number of urea groups is 1. The van der Waals surface area contributed by atoms with Crippen LogP contribution in [0.3, 0.4) is 0 Å². The smallest absolute Gasteiger partial charge is 0.328 e. The Labute approximate surface area is 167 Å². The van der Waals surface area contributed by atoms with Gasteiger partial charge in [-0.25, -0.2) is 4.79 Å². The zero-order valence-electron chi connectivity index (χ0n) is 16.7. The van der Waals surface area contributed by atoms with Crippen LogP contribution in [0.4, 0.5) is 16.2 Å².